The van der Waals surface area contributed by atoms with Gasteiger partial charge in [0.15, 0.2) is 15.6 Å². The third-order valence-electron chi connectivity index (χ3n) is 3.62. The van der Waals surface area contributed by atoms with Crippen molar-refractivity contribution >= 4 is 15.6 Å². The summed E-state index contributed by atoms with van der Waals surface area (Å²) in [6.07, 6.45) is 0. The molecule has 0 radical (unpaired) electrons. The maximum absolute atomic E-state index is 12.8. The van der Waals surface area contributed by atoms with Gasteiger partial charge in [-0.15, -0.1) is 0 Å². The first-order chi connectivity index (χ1) is 9.94. The summed E-state index contributed by atoms with van der Waals surface area (Å²) in [6.45, 7) is 1.80. The van der Waals surface area contributed by atoms with Gasteiger partial charge in [-0.25, -0.2) is 8.42 Å². The molecule has 0 amide bonds. The molecule has 0 saturated carbocycles. The fraction of sp³-hybridized carbons (Fsp3) is 0.188. The van der Waals surface area contributed by atoms with E-state index in [1.54, 1.807) is 43.3 Å². The number of sulfone groups is 1. The van der Waals surface area contributed by atoms with E-state index in [1.807, 2.05) is 0 Å². The van der Waals surface area contributed by atoms with Gasteiger partial charge in [-0.1, -0.05) is 18.2 Å². The van der Waals surface area contributed by atoms with Gasteiger partial charge >= 0.3 is 0 Å². The number of fused-ring (bicyclic) bond motifs is 2. The summed E-state index contributed by atoms with van der Waals surface area (Å²) in [4.78, 5) is 12.9. The largest absolute Gasteiger partial charge is 0.496 e. The highest BCUT2D eigenvalue weighted by atomic mass is 32.2. The predicted octanol–water partition coefficient (Wildman–Crippen LogP) is 2.52. The van der Waals surface area contributed by atoms with Gasteiger partial charge in [0, 0.05) is 5.56 Å². The molecule has 1 heterocycles. The van der Waals surface area contributed by atoms with E-state index in [2.05, 4.69) is 0 Å². The highest BCUT2D eigenvalue weighted by Crippen LogP contribution is 2.34. The first-order valence-electron chi connectivity index (χ1n) is 6.48. The summed E-state index contributed by atoms with van der Waals surface area (Å²) in [5.74, 6) is -0.0958. The van der Waals surface area contributed by atoms with Crippen LogP contribution in [-0.4, -0.2) is 21.3 Å². The average molecular weight is 302 g/mol. The van der Waals surface area contributed by atoms with E-state index in [-0.39, 0.29) is 22.0 Å². The SMILES string of the molecule is COc1cccc2c1C(=O)c1ccc(C)cc1S(=O)(=O)C2. The summed E-state index contributed by atoms with van der Waals surface area (Å²) in [5, 5.41) is 0. The van der Waals surface area contributed by atoms with E-state index in [1.165, 1.54) is 7.11 Å². The second kappa shape index (κ2) is 4.70. The molecule has 0 unspecified atom stereocenters. The Kier molecular flexibility index (Phi) is 3.10. The number of ether oxygens (including phenoxy) is 1. The summed E-state index contributed by atoms with van der Waals surface area (Å²) < 4.78 is 30.4. The normalized spacial score (nSPS) is 15.8. The maximum atomic E-state index is 12.8. The number of aryl methyl sites for hydroxylation is 1. The van der Waals surface area contributed by atoms with Gasteiger partial charge in [0.25, 0.3) is 0 Å². The van der Waals surface area contributed by atoms with Crippen LogP contribution in [0.15, 0.2) is 41.3 Å². The molecule has 0 bridgehead atoms. The molecule has 108 valence electrons. The molecule has 0 N–H and O–H groups in total. The summed E-state index contributed by atoms with van der Waals surface area (Å²) in [6, 6.07) is 9.90. The second-order valence-corrected chi connectivity index (χ2v) is 7.04. The van der Waals surface area contributed by atoms with E-state index < -0.39 is 9.84 Å². The van der Waals surface area contributed by atoms with Gasteiger partial charge < -0.3 is 4.74 Å². The lowest BCUT2D eigenvalue weighted by Crippen LogP contribution is -2.07. The Morgan fingerprint density at radius 1 is 1.14 bits per heavy atom. The molecule has 5 heteroatoms. The molecule has 0 aromatic heterocycles. The number of hydrogen-bond acceptors (Lipinski definition) is 4. The zero-order chi connectivity index (χ0) is 15.2. The molecule has 0 fully saturated rings. The van der Waals surface area contributed by atoms with Crippen molar-refractivity contribution in [1.29, 1.82) is 0 Å². The molecule has 3 rings (SSSR count). The number of carbonyl (C=O) groups is 1. The predicted molar refractivity (Wildman–Crippen MR) is 78.5 cm³/mol. The number of hydrogen-bond donors (Lipinski definition) is 0. The van der Waals surface area contributed by atoms with Crippen molar-refractivity contribution in [2.75, 3.05) is 7.11 Å². The van der Waals surface area contributed by atoms with Crippen molar-refractivity contribution in [1.82, 2.24) is 0 Å². The molecule has 0 spiro atoms. The standard InChI is InChI=1S/C16H14O4S/c1-10-6-7-12-14(8-10)21(18,19)9-11-4-3-5-13(20-2)15(11)16(12)17/h3-8H,9H2,1-2H3. The lowest BCUT2D eigenvalue weighted by Gasteiger charge is -2.09. The van der Waals surface area contributed by atoms with Crippen LogP contribution in [0.25, 0.3) is 0 Å². The average Bonchev–Trinajstić information content (AvgIpc) is 2.53. The quantitative estimate of drug-likeness (QED) is 0.812. The number of methoxy groups -OCH3 is 1. The van der Waals surface area contributed by atoms with Crippen molar-refractivity contribution < 1.29 is 17.9 Å². The van der Waals surface area contributed by atoms with Crippen LogP contribution in [-0.2, 0) is 15.6 Å². The molecule has 0 aliphatic carbocycles. The first-order valence-corrected chi connectivity index (χ1v) is 8.13. The Bertz CT molecular complexity index is 851. The van der Waals surface area contributed by atoms with Crippen LogP contribution < -0.4 is 4.74 Å². The van der Waals surface area contributed by atoms with Crippen LogP contribution in [0.3, 0.4) is 0 Å². The molecule has 21 heavy (non-hydrogen) atoms. The van der Waals surface area contributed by atoms with Crippen LogP contribution in [0.5, 0.6) is 5.75 Å². The summed E-state index contributed by atoms with van der Waals surface area (Å²) in [7, 11) is -2.08. The molecule has 2 aromatic carbocycles. The van der Waals surface area contributed by atoms with Crippen LogP contribution in [0.4, 0.5) is 0 Å². The third kappa shape index (κ3) is 2.14. The Morgan fingerprint density at radius 3 is 2.62 bits per heavy atom. The molecular weight excluding hydrogens is 288 g/mol. The topological polar surface area (TPSA) is 60.4 Å². The fourth-order valence-electron chi connectivity index (χ4n) is 2.62. The molecule has 2 aromatic rings. The highest BCUT2D eigenvalue weighted by molar-refractivity contribution is 7.90. The van der Waals surface area contributed by atoms with E-state index in [0.717, 1.165) is 5.56 Å². The van der Waals surface area contributed by atoms with Crippen LogP contribution in [0, 0.1) is 6.92 Å². The number of benzene rings is 2. The smallest absolute Gasteiger partial charge is 0.198 e. The highest BCUT2D eigenvalue weighted by Gasteiger charge is 2.32. The Morgan fingerprint density at radius 2 is 1.90 bits per heavy atom. The van der Waals surface area contributed by atoms with Crippen LogP contribution in [0.1, 0.15) is 27.0 Å². The molecule has 0 atom stereocenters. The van der Waals surface area contributed by atoms with E-state index in [0.29, 0.717) is 16.9 Å². The fourth-order valence-corrected chi connectivity index (χ4v) is 4.28. The van der Waals surface area contributed by atoms with Crippen molar-refractivity contribution in [3.63, 3.8) is 0 Å². The third-order valence-corrected chi connectivity index (χ3v) is 5.32. The minimum atomic E-state index is -3.55. The van der Waals surface area contributed by atoms with Gasteiger partial charge in [-0.05, 0) is 36.2 Å². The van der Waals surface area contributed by atoms with Gasteiger partial charge in [0.05, 0.1) is 23.3 Å². The monoisotopic (exact) mass is 302 g/mol. The van der Waals surface area contributed by atoms with Crippen LogP contribution in [0.2, 0.25) is 0 Å². The van der Waals surface area contributed by atoms with Gasteiger partial charge in [-0.3, -0.25) is 4.79 Å². The van der Waals surface area contributed by atoms with Gasteiger partial charge in [0.1, 0.15) is 5.75 Å². The molecule has 4 nitrogen and oxygen atoms in total. The van der Waals surface area contributed by atoms with Gasteiger partial charge in [-0.2, -0.15) is 0 Å². The lowest BCUT2D eigenvalue weighted by atomic mass is 9.97. The Balaban J connectivity index is 2.39. The zero-order valence-corrected chi connectivity index (χ0v) is 12.5. The number of ketones is 1. The Hall–Kier alpha value is -2.14. The van der Waals surface area contributed by atoms with Gasteiger partial charge in [0.2, 0.25) is 0 Å². The van der Waals surface area contributed by atoms with Crippen molar-refractivity contribution in [3.8, 4) is 5.75 Å². The Labute approximate surface area is 123 Å². The number of rotatable bonds is 1. The summed E-state index contributed by atoms with van der Waals surface area (Å²) in [5.41, 5.74) is 1.84. The first kappa shape index (κ1) is 13.8. The lowest BCUT2D eigenvalue weighted by molar-refractivity contribution is 0.103. The molecule has 1 aliphatic heterocycles. The number of carbonyl (C=O) groups excluding carboxylic acids is 1. The second-order valence-electron chi connectivity index (χ2n) is 5.08. The van der Waals surface area contributed by atoms with E-state index in [9.17, 15) is 13.2 Å². The zero-order valence-electron chi connectivity index (χ0n) is 11.7. The van der Waals surface area contributed by atoms with Crippen molar-refractivity contribution in [2.24, 2.45) is 0 Å². The maximum Gasteiger partial charge on any atom is 0.198 e. The van der Waals surface area contributed by atoms with Crippen molar-refractivity contribution in [2.45, 2.75) is 17.6 Å². The van der Waals surface area contributed by atoms with E-state index in [4.69, 9.17) is 4.74 Å². The van der Waals surface area contributed by atoms with E-state index >= 15 is 0 Å². The summed E-state index contributed by atoms with van der Waals surface area (Å²) >= 11 is 0. The minimum absolute atomic E-state index is 0.103. The molecular formula is C16H14O4S. The minimum Gasteiger partial charge on any atom is -0.496 e. The molecule has 0 saturated heterocycles. The van der Waals surface area contributed by atoms with Crippen molar-refractivity contribution in [3.05, 3.63) is 58.7 Å². The molecule has 1 aliphatic rings. The van der Waals surface area contributed by atoms with Crippen LogP contribution >= 0.6 is 0 Å².